The number of hydrogen-bond donors (Lipinski definition) is 1. The summed E-state index contributed by atoms with van der Waals surface area (Å²) in [6.07, 6.45) is 1.54. The lowest BCUT2D eigenvalue weighted by atomic mass is 10.2. The maximum Gasteiger partial charge on any atom is 0.274 e. The van der Waals surface area contributed by atoms with E-state index in [0.29, 0.717) is 11.3 Å². The van der Waals surface area contributed by atoms with Crippen LogP contribution >= 0.6 is 0 Å². The van der Waals surface area contributed by atoms with Crippen molar-refractivity contribution < 1.29 is 14.6 Å². The predicted molar refractivity (Wildman–Crippen MR) is 94.5 cm³/mol. The number of nitro groups is 2. The van der Waals surface area contributed by atoms with Crippen LogP contribution in [-0.4, -0.2) is 25.5 Å². The molecule has 10 heteroatoms. The molecule has 1 N–H and O–H groups in total. The number of nitrogens with zero attached hydrogens (tertiary/aromatic N) is 4. The summed E-state index contributed by atoms with van der Waals surface area (Å²) in [5.41, 5.74) is 0.929. The number of benzene rings is 2. The highest BCUT2D eigenvalue weighted by atomic mass is 16.6. The molecule has 2 aromatic carbocycles. The maximum absolute atomic E-state index is 12.2. The molecule has 136 valence electrons. The Balaban J connectivity index is 1.70. The molecule has 3 rings (SSSR count). The normalized spacial score (nSPS) is 10.4. The van der Waals surface area contributed by atoms with Crippen molar-refractivity contribution in [3.8, 4) is 5.69 Å². The lowest BCUT2D eigenvalue weighted by molar-refractivity contribution is -0.385. The summed E-state index contributed by atoms with van der Waals surface area (Å²) in [4.78, 5) is 32.9. The van der Waals surface area contributed by atoms with E-state index in [9.17, 15) is 25.0 Å². The third-order valence-corrected chi connectivity index (χ3v) is 3.77. The summed E-state index contributed by atoms with van der Waals surface area (Å²) in [7, 11) is 0. The fourth-order valence-electron chi connectivity index (χ4n) is 2.42. The van der Waals surface area contributed by atoms with E-state index in [1.165, 1.54) is 41.1 Å². The fourth-order valence-corrected chi connectivity index (χ4v) is 2.42. The number of aromatic nitrogens is 2. The molecule has 0 aliphatic carbocycles. The first-order chi connectivity index (χ1) is 13.0. The van der Waals surface area contributed by atoms with Crippen LogP contribution in [0.2, 0.25) is 0 Å². The Morgan fingerprint density at radius 3 is 2.37 bits per heavy atom. The molecular formula is C17H13N5O5. The smallest absolute Gasteiger partial charge is 0.274 e. The van der Waals surface area contributed by atoms with Crippen molar-refractivity contribution >= 4 is 17.3 Å². The summed E-state index contributed by atoms with van der Waals surface area (Å²) in [5, 5.41) is 28.4. The molecule has 0 bridgehead atoms. The van der Waals surface area contributed by atoms with Gasteiger partial charge in [-0.1, -0.05) is 18.2 Å². The number of amides is 1. The molecule has 10 nitrogen and oxygen atoms in total. The van der Waals surface area contributed by atoms with Crippen molar-refractivity contribution in [1.82, 2.24) is 15.1 Å². The molecule has 1 amide bonds. The highest BCUT2D eigenvalue weighted by molar-refractivity contribution is 5.92. The van der Waals surface area contributed by atoms with E-state index in [-0.39, 0.29) is 23.6 Å². The highest BCUT2D eigenvalue weighted by Crippen LogP contribution is 2.18. The minimum absolute atomic E-state index is 0.0135. The van der Waals surface area contributed by atoms with Gasteiger partial charge in [0, 0.05) is 36.5 Å². The van der Waals surface area contributed by atoms with E-state index in [4.69, 9.17) is 0 Å². The van der Waals surface area contributed by atoms with Crippen molar-refractivity contribution in [3.05, 3.63) is 92.3 Å². The number of nitro benzene ring substituents is 2. The number of nitrogens with one attached hydrogen (secondary N) is 1. The van der Waals surface area contributed by atoms with Crippen LogP contribution in [0.4, 0.5) is 11.4 Å². The number of para-hydroxylation sites is 1. The van der Waals surface area contributed by atoms with Crippen molar-refractivity contribution in [1.29, 1.82) is 0 Å². The lowest BCUT2D eigenvalue weighted by Gasteiger charge is -2.04. The largest absolute Gasteiger partial charge is 0.346 e. The van der Waals surface area contributed by atoms with Gasteiger partial charge in [-0.05, 0) is 18.2 Å². The van der Waals surface area contributed by atoms with Gasteiger partial charge in [-0.25, -0.2) is 4.68 Å². The maximum atomic E-state index is 12.2. The zero-order valence-electron chi connectivity index (χ0n) is 13.8. The van der Waals surface area contributed by atoms with Crippen LogP contribution in [-0.2, 0) is 6.54 Å². The van der Waals surface area contributed by atoms with Crippen LogP contribution < -0.4 is 5.32 Å². The first-order valence-electron chi connectivity index (χ1n) is 7.76. The fraction of sp³-hybridized carbons (Fsp3) is 0.0588. The lowest BCUT2D eigenvalue weighted by Crippen LogP contribution is -2.23. The zero-order chi connectivity index (χ0) is 19.4. The minimum atomic E-state index is -0.509. The van der Waals surface area contributed by atoms with Gasteiger partial charge in [0.05, 0.1) is 15.5 Å². The molecule has 0 fully saturated rings. The first-order valence-corrected chi connectivity index (χ1v) is 7.76. The quantitative estimate of drug-likeness (QED) is 0.526. The van der Waals surface area contributed by atoms with E-state index in [1.807, 2.05) is 0 Å². The number of rotatable bonds is 6. The Kier molecular flexibility index (Phi) is 4.88. The Morgan fingerprint density at radius 1 is 1.00 bits per heavy atom. The summed E-state index contributed by atoms with van der Waals surface area (Å²) in [5.74, 6) is -0.492. The van der Waals surface area contributed by atoms with Crippen LogP contribution in [0, 0.1) is 20.2 Å². The van der Waals surface area contributed by atoms with Gasteiger partial charge in [-0.15, -0.1) is 0 Å². The number of carbonyl (C=O) groups is 1. The minimum Gasteiger partial charge on any atom is -0.346 e. The van der Waals surface area contributed by atoms with E-state index < -0.39 is 15.8 Å². The van der Waals surface area contributed by atoms with E-state index in [2.05, 4.69) is 10.4 Å². The molecule has 1 heterocycles. The van der Waals surface area contributed by atoms with Gasteiger partial charge in [0.2, 0.25) is 0 Å². The van der Waals surface area contributed by atoms with E-state index >= 15 is 0 Å². The van der Waals surface area contributed by atoms with Gasteiger partial charge in [0.25, 0.3) is 17.3 Å². The third-order valence-electron chi connectivity index (χ3n) is 3.77. The average Bonchev–Trinajstić information content (AvgIpc) is 3.16. The van der Waals surface area contributed by atoms with Crippen molar-refractivity contribution in [2.75, 3.05) is 0 Å². The molecule has 0 aliphatic rings. The van der Waals surface area contributed by atoms with Crippen LogP contribution in [0.3, 0.4) is 0 Å². The summed E-state index contributed by atoms with van der Waals surface area (Å²) >= 11 is 0. The Morgan fingerprint density at radius 2 is 1.70 bits per heavy atom. The molecule has 0 unspecified atom stereocenters. The summed E-state index contributed by atoms with van der Waals surface area (Å²) in [6, 6.07) is 13.3. The molecule has 27 heavy (non-hydrogen) atoms. The summed E-state index contributed by atoms with van der Waals surface area (Å²) < 4.78 is 1.41. The van der Waals surface area contributed by atoms with E-state index in [0.717, 1.165) is 0 Å². The van der Waals surface area contributed by atoms with Gasteiger partial charge < -0.3 is 5.32 Å². The van der Waals surface area contributed by atoms with Crippen molar-refractivity contribution in [2.45, 2.75) is 6.54 Å². The first kappa shape index (κ1) is 17.7. The van der Waals surface area contributed by atoms with Crippen LogP contribution in [0.5, 0.6) is 0 Å². The number of carbonyl (C=O) groups excluding carboxylic acids is 1. The molecular weight excluding hydrogens is 354 g/mol. The predicted octanol–water partition coefficient (Wildman–Crippen LogP) is 2.62. The topological polar surface area (TPSA) is 133 Å². The second-order valence-electron chi connectivity index (χ2n) is 5.49. The summed E-state index contributed by atoms with van der Waals surface area (Å²) in [6.45, 7) is -0.0135. The zero-order valence-corrected chi connectivity index (χ0v) is 13.8. The standard InChI is InChI=1S/C17H13N5O5/c23-17(18-11-12-3-1-2-4-16(12)22(26)27)15-9-10-20(19-15)13-5-7-14(8-6-13)21(24)25/h1-10H,11H2,(H,18,23). The second-order valence-corrected chi connectivity index (χ2v) is 5.49. The van der Waals surface area contributed by atoms with Crippen LogP contribution in [0.25, 0.3) is 5.69 Å². The second kappa shape index (κ2) is 7.44. The van der Waals surface area contributed by atoms with Gasteiger partial charge in [-0.3, -0.25) is 25.0 Å². The van der Waals surface area contributed by atoms with Crippen LogP contribution in [0.1, 0.15) is 16.1 Å². The van der Waals surface area contributed by atoms with Gasteiger partial charge in [0.1, 0.15) is 0 Å². The molecule has 0 atom stereocenters. The number of hydrogen-bond acceptors (Lipinski definition) is 6. The third kappa shape index (κ3) is 3.95. The van der Waals surface area contributed by atoms with Gasteiger partial charge in [0.15, 0.2) is 5.69 Å². The van der Waals surface area contributed by atoms with Gasteiger partial charge in [-0.2, -0.15) is 5.10 Å². The monoisotopic (exact) mass is 367 g/mol. The van der Waals surface area contributed by atoms with Crippen molar-refractivity contribution in [3.63, 3.8) is 0 Å². The highest BCUT2D eigenvalue weighted by Gasteiger charge is 2.15. The molecule has 0 radical (unpaired) electrons. The Bertz CT molecular complexity index is 1010. The van der Waals surface area contributed by atoms with Crippen LogP contribution in [0.15, 0.2) is 60.8 Å². The Labute approximate surface area is 152 Å². The van der Waals surface area contributed by atoms with Crippen molar-refractivity contribution in [2.24, 2.45) is 0 Å². The SMILES string of the molecule is O=C(NCc1ccccc1[N+](=O)[O-])c1ccn(-c2ccc([N+](=O)[O-])cc2)n1. The molecule has 0 spiro atoms. The Hall–Kier alpha value is -4.08. The molecule has 1 aromatic heterocycles. The molecule has 3 aromatic rings. The van der Waals surface area contributed by atoms with Gasteiger partial charge >= 0.3 is 0 Å². The molecule has 0 aliphatic heterocycles. The van der Waals surface area contributed by atoms with E-state index in [1.54, 1.807) is 24.4 Å². The average molecular weight is 367 g/mol. The number of non-ortho nitro benzene ring substituents is 1. The molecule has 0 saturated heterocycles. The molecule has 0 saturated carbocycles.